The molecule has 0 heterocycles. The molecule has 0 aliphatic carbocycles. The van der Waals surface area contributed by atoms with Crippen molar-refractivity contribution in [3.05, 3.63) is 92.9 Å². The van der Waals surface area contributed by atoms with E-state index >= 15 is 0 Å². The predicted molar refractivity (Wildman–Crippen MR) is 140 cm³/mol. The Morgan fingerprint density at radius 2 is 1.57 bits per heavy atom. The first kappa shape index (κ1) is 26.1. The second kappa shape index (κ2) is 11.3. The number of nitrogens with one attached hydrogen (secondary N) is 2. The SMILES string of the molecule is CC(C)(C)C(=O)Nc1ccc(C(=O)N/N=C\c2cc(Br)ccc2OC(=O)c2ccc(Cl)cc2)cc1. The molecule has 35 heavy (non-hydrogen) atoms. The van der Waals surface area contributed by atoms with Crippen LogP contribution in [0.2, 0.25) is 5.02 Å². The number of benzene rings is 3. The monoisotopic (exact) mass is 555 g/mol. The van der Waals surface area contributed by atoms with E-state index in [0.717, 1.165) is 4.47 Å². The summed E-state index contributed by atoms with van der Waals surface area (Å²) in [7, 11) is 0. The summed E-state index contributed by atoms with van der Waals surface area (Å²) >= 11 is 9.24. The molecule has 0 saturated carbocycles. The topological polar surface area (TPSA) is 96.9 Å². The fourth-order valence-corrected chi connectivity index (χ4v) is 3.21. The lowest BCUT2D eigenvalue weighted by atomic mass is 9.95. The molecule has 0 fully saturated rings. The molecule has 2 amide bonds. The Morgan fingerprint density at radius 1 is 0.943 bits per heavy atom. The van der Waals surface area contributed by atoms with Gasteiger partial charge < -0.3 is 10.1 Å². The summed E-state index contributed by atoms with van der Waals surface area (Å²) in [6.45, 7) is 5.45. The maximum absolute atomic E-state index is 12.5. The van der Waals surface area contributed by atoms with Crippen molar-refractivity contribution >= 4 is 57.2 Å². The van der Waals surface area contributed by atoms with E-state index in [-0.39, 0.29) is 11.7 Å². The summed E-state index contributed by atoms with van der Waals surface area (Å²) in [6.07, 6.45) is 1.38. The number of anilines is 1. The molecule has 0 spiro atoms. The third kappa shape index (κ3) is 7.50. The van der Waals surface area contributed by atoms with Crippen molar-refractivity contribution in [3.63, 3.8) is 0 Å². The van der Waals surface area contributed by atoms with E-state index in [4.69, 9.17) is 16.3 Å². The highest BCUT2D eigenvalue weighted by Crippen LogP contribution is 2.23. The number of carbonyl (C=O) groups excluding carboxylic acids is 3. The lowest BCUT2D eigenvalue weighted by Crippen LogP contribution is -2.27. The molecule has 3 aromatic carbocycles. The van der Waals surface area contributed by atoms with E-state index in [1.54, 1.807) is 66.7 Å². The molecule has 0 unspecified atom stereocenters. The zero-order chi connectivity index (χ0) is 25.6. The zero-order valence-corrected chi connectivity index (χ0v) is 21.6. The van der Waals surface area contributed by atoms with Gasteiger partial charge in [0.05, 0.1) is 11.8 Å². The Kier molecular flexibility index (Phi) is 8.43. The van der Waals surface area contributed by atoms with Gasteiger partial charge in [0.1, 0.15) is 5.75 Å². The molecule has 0 radical (unpaired) electrons. The summed E-state index contributed by atoms with van der Waals surface area (Å²) in [4.78, 5) is 37.0. The lowest BCUT2D eigenvalue weighted by molar-refractivity contribution is -0.123. The highest BCUT2D eigenvalue weighted by atomic mass is 79.9. The normalized spacial score (nSPS) is 11.2. The van der Waals surface area contributed by atoms with Crippen molar-refractivity contribution in [1.82, 2.24) is 5.43 Å². The van der Waals surface area contributed by atoms with Crippen LogP contribution >= 0.6 is 27.5 Å². The van der Waals surface area contributed by atoms with Crippen LogP contribution in [0.4, 0.5) is 5.69 Å². The van der Waals surface area contributed by atoms with Crippen LogP contribution in [0, 0.1) is 5.41 Å². The predicted octanol–water partition coefficient (Wildman–Crippen LogP) is 6.07. The summed E-state index contributed by atoms with van der Waals surface area (Å²) in [5.41, 5.74) is 3.68. The van der Waals surface area contributed by atoms with Gasteiger partial charge in [0.2, 0.25) is 5.91 Å². The quantitative estimate of drug-likeness (QED) is 0.167. The second-order valence-corrected chi connectivity index (χ2v) is 9.91. The number of hydrogen-bond donors (Lipinski definition) is 2. The first-order valence-corrected chi connectivity index (χ1v) is 11.7. The van der Waals surface area contributed by atoms with E-state index in [1.165, 1.54) is 6.21 Å². The standard InChI is InChI=1S/C26H23BrClN3O4/c1-26(2,3)25(34)30-21-11-6-16(7-12-21)23(32)31-29-15-18-14-19(27)8-13-22(18)35-24(33)17-4-9-20(28)10-5-17/h4-15H,1-3H3,(H,30,34)(H,31,32)/b29-15-. The summed E-state index contributed by atoms with van der Waals surface area (Å²) < 4.78 is 6.24. The van der Waals surface area contributed by atoms with Gasteiger partial charge in [-0.1, -0.05) is 48.3 Å². The first-order valence-electron chi connectivity index (χ1n) is 10.5. The van der Waals surface area contributed by atoms with E-state index < -0.39 is 17.3 Å². The molecular formula is C26H23BrClN3O4. The van der Waals surface area contributed by atoms with E-state index in [2.05, 4.69) is 31.8 Å². The highest BCUT2D eigenvalue weighted by Gasteiger charge is 2.21. The Balaban J connectivity index is 1.66. The van der Waals surface area contributed by atoms with Gasteiger partial charge in [-0.3, -0.25) is 9.59 Å². The number of carbonyl (C=O) groups is 3. The maximum Gasteiger partial charge on any atom is 0.343 e. The van der Waals surface area contributed by atoms with E-state index in [9.17, 15) is 14.4 Å². The van der Waals surface area contributed by atoms with Crippen LogP contribution in [0.1, 0.15) is 47.1 Å². The van der Waals surface area contributed by atoms with Gasteiger partial charge in [-0.05, 0) is 66.7 Å². The van der Waals surface area contributed by atoms with Crippen molar-refractivity contribution in [2.45, 2.75) is 20.8 Å². The van der Waals surface area contributed by atoms with Crippen LogP contribution < -0.4 is 15.5 Å². The minimum absolute atomic E-state index is 0.124. The minimum Gasteiger partial charge on any atom is -0.422 e. The fraction of sp³-hybridized carbons (Fsp3) is 0.154. The van der Waals surface area contributed by atoms with Crippen molar-refractivity contribution in [2.75, 3.05) is 5.32 Å². The van der Waals surface area contributed by atoms with Crippen molar-refractivity contribution < 1.29 is 19.1 Å². The Hall–Kier alpha value is -3.49. The van der Waals surface area contributed by atoms with Crippen LogP contribution in [-0.2, 0) is 4.79 Å². The van der Waals surface area contributed by atoms with Gasteiger partial charge in [0, 0.05) is 31.7 Å². The Bertz CT molecular complexity index is 1270. The number of halogens is 2. The summed E-state index contributed by atoms with van der Waals surface area (Å²) in [6, 6.07) is 17.8. The molecule has 0 bridgehead atoms. The number of esters is 1. The molecule has 0 saturated heterocycles. The number of hydrazone groups is 1. The molecule has 2 N–H and O–H groups in total. The molecule has 7 nitrogen and oxygen atoms in total. The van der Waals surface area contributed by atoms with Crippen LogP contribution in [0.3, 0.4) is 0 Å². The van der Waals surface area contributed by atoms with Gasteiger partial charge >= 0.3 is 5.97 Å². The summed E-state index contributed by atoms with van der Waals surface area (Å²) in [5.74, 6) is -0.850. The van der Waals surface area contributed by atoms with Crippen molar-refractivity contribution in [3.8, 4) is 5.75 Å². The number of amides is 2. The average molecular weight is 557 g/mol. The lowest BCUT2D eigenvalue weighted by Gasteiger charge is -2.17. The average Bonchev–Trinajstić information content (AvgIpc) is 2.81. The molecule has 3 rings (SSSR count). The van der Waals surface area contributed by atoms with E-state index in [1.807, 2.05) is 20.8 Å². The van der Waals surface area contributed by atoms with Crippen molar-refractivity contribution in [1.29, 1.82) is 0 Å². The highest BCUT2D eigenvalue weighted by molar-refractivity contribution is 9.10. The second-order valence-electron chi connectivity index (χ2n) is 8.56. The molecule has 9 heteroatoms. The van der Waals surface area contributed by atoms with Crippen LogP contribution in [-0.4, -0.2) is 24.0 Å². The summed E-state index contributed by atoms with van der Waals surface area (Å²) in [5, 5.41) is 7.30. The van der Waals surface area contributed by atoms with Gasteiger partial charge in [0.25, 0.3) is 5.91 Å². The smallest absolute Gasteiger partial charge is 0.343 e. The molecule has 0 aliphatic rings. The molecule has 3 aromatic rings. The first-order chi connectivity index (χ1) is 16.5. The maximum atomic E-state index is 12.5. The number of nitrogens with zero attached hydrogens (tertiary/aromatic N) is 1. The van der Waals surface area contributed by atoms with Crippen LogP contribution in [0.25, 0.3) is 0 Å². The van der Waals surface area contributed by atoms with Crippen molar-refractivity contribution in [2.24, 2.45) is 10.5 Å². The molecule has 0 atom stereocenters. The third-order valence-electron chi connectivity index (χ3n) is 4.71. The van der Waals surface area contributed by atoms with Gasteiger partial charge in [-0.15, -0.1) is 0 Å². The number of rotatable bonds is 6. The largest absolute Gasteiger partial charge is 0.422 e. The minimum atomic E-state index is -0.554. The molecule has 0 aliphatic heterocycles. The zero-order valence-electron chi connectivity index (χ0n) is 19.3. The van der Waals surface area contributed by atoms with Gasteiger partial charge in [-0.25, -0.2) is 10.2 Å². The molecule has 0 aromatic heterocycles. The number of ether oxygens (including phenoxy) is 1. The Morgan fingerprint density at radius 3 is 2.20 bits per heavy atom. The van der Waals surface area contributed by atoms with Gasteiger partial charge in [0.15, 0.2) is 0 Å². The van der Waals surface area contributed by atoms with Gasteiger partial charge in [-0.2, -0.15) is 5.10 Å². The third-order valence-corrected chi connectivity index (χ3v) is 5.46. The Labute approximate surface area is 216 Å². The number of hydrogen-bond acceptors (Lipinski definition) is 5. The van der Waals surface area contributed by atoms with E-state index in [0.29, 0.717) is 27.4 Å². The van der Waals surface area contributed by atoms with Crippen LogP contribution in [0.15, 0.2) is 76.3 Å². The molecule has 180 valence electrons. The van der Waals surface area contributed by atoms with Crippen LogP contribution in [0.5, 0.6) is 5.75 Å². The fourth-order valence-electron chi connectivity index (χ4n) is 2.71. The molecular weight excluding hydrogens is 534 g/mol.